The summed E-state index contributed by atoms with van der Waals surface area (Å²) in [5, 5.41) is 3.39. The van der Waals surface area contributed by atoms with Gasteiger partial charge in [0, 0.05) is 24.1 Å². The molecule has 1 unspecified atom stereocenters. The summed E-state index contributed by atoms with van der Waals surface area (Å²) in [6, 6.07) is 0.689. The SMILES string of the molecule is [CH2]CC1CSCCN1. The highest BCUT2D eigenvalue weighted by Crippen LogP contribution is 2.08. The van der Waals surface area contributed by atoms with E-state index in [0.717, 1.165) is 6.42 Å². The molecule has 1 aliphatic rings. The highest BCUT2D eigenvalue weighted by atomic mass is 32.2. The van der Waals surface area contributed by atoms with Gasteiger partial charge in [-0.15, -0.1) is 0 Å². The van der Waals surface area contributed by atoms with Crippen LogP contribution in [-0.4, -0.2) is 24.1 Å². The second-order valence-corrected chi connectivity index (χ2v) is 3.16. The van der Waals surface area contributed by atoms with Crippen molar-refractivity contribution >= 4 is 11.8 Å². The Morgan fingerprint density at radius 3 is 3.00 bits per heavy atom. The molecular weight excluding hydrogens is 118 g/mol. The summed E-state index contributed by atoms with van der Waals surface area (Å²) in [5.41, 5.74) is 0. The summed E-state index contributed by atoms with van der Waals surface area (Å²) in [5.74, 6) is 2.53. The van der Waals surface area contributed by atoms with Gasteiger partial charge in [0.15, 0.2) is 0 Å². The number of hydrogen-bond donors (Lipinski definition) is 1. The first-order chi connectivity index (χ1) is 3.93. The van der Waals surface area contributed by atoms with E-state index in [1.807, 2.05) is 11.8 Å². The van der Waals surface area contributed by atoms with Crippen molar-refractivity contribution in [3.63, 3.8) is 0 Å². The second-order valence-electron chi connectivity index (χ2n) is 2.01. The fourth-order valence-electron chi connectivity index (χ4n) is 0.805. The Hall–Kier alpha value is 0.310. The van der Waals surface area contributed by atoms with Crippen molar-refractivity contribution in [2.24, 2.45) is 0 Å². The summed E-state index contributed by atoms with van der Waals surface area (Å²) in [4.78, 5) is 0. The second kappa shape index (κ2) is 3.36. The molecular formula is C6H12NS. The van der Waals surface area contributed by atoms with Gasteiger partial charge in [-0.05, 0) is 6.42 Å². The lowest BCUT2D eigenvalue weighted by molar-refractivity contribution is 0.570. The van der Waals surface area contributed by atoms with Crippen LogP contribution in [0.2, 0.25) is 0 Å². The number of rotatable bonds is 1. The molecule has 1 fully saturated rings. The Morgan fingerprint density at radius 2 is 2.62 bits per heavy atom. The highest BCUT2D eigenvalue weighted by molar-refractivity contribution is 7.99. The van der Waals surface area contributed by atoms with Gasteiger partial charge in [-0.25, -0.2) is 0 Å². The van der Waals surface area contributed by atoms with Crippen molar-refractivity contribution in [3.8, 4) is 0 Å². The molecule has 1 rings (SSSR count). The zero-order chi connectivity index (χ0) is 5.82. The van der Waals surface area contributed by atoms with Crippen LogP contribution in [0.3, 0.4) is 0 Å². The van der Waals surface area contributed by atoms with E-state index in [1.54, 1.807) is 0 Å². The van der Waals surface area contributed by atoms with Gasteiger partial charge in [0.05, 0.1) is 0 Å². The Balaban J connectivity index is 2.13. The molecule has 0 aromatic heterocycles. The van der Waals surface area contributed by atoms with Gasteiger partial charge in [-0.2, -0.15) is 11.8 Å². The molecule has 1 aliphatic heterocycles. The highest BCUT2D eigenvalue weighted by Gasteiger charge is 2.08. The quantitative estimate of drug-likeness (QED) is 0.566. The lowest BCUT2D eigenvalue weighted by atomic mass is 10.2. The first-order valence-electron chi connectivity index (χ1n) is 3.04. The van der Waals surface area contributed by atoms with E-state index in [4.69, 9.17) is 0 Å². The van der Waals surface area contributed by atoms with Gasteiger partial charge in [-0.3, -0.25) is 0 Å². The van der Waals surface area contributed by atoms with Crippen molar-refractivity contribution in [2.45, 2.75) is 12.5 Å². The number of nitrogens with one attached hydrogen (secondary N) is 1. The maximum atomic E-state index is 3.83. The van der Waals surface area contributed by atoms with Crippen molar-refractivity contribution < 1.29 is 0 Å². The van der Waals surface area contributed by atoms with Crippen LogP contribution in [0.4, 0.5) is 0 Å². The monoisotopic (exact) mass is 130 g/mol. The topological polar surface area (TPSA) is 12.0 Å². The van der Waals surface area contributed by atoms with E-state index in [1.165, 1.54) is 18.1 Å². The molecule has 1 nitrogen and oxygen atoms in total. The van der Waals surface area contributed by atoms with Gasteiger partial charge in [0.1, 0.15) is 0 Å². The molecule has 1 radical (unpaired) electrons. The average Bonchev–Trinajstić information content (AvgIpc) is 1.90. The van der Waals surface area contributed by atoms with E-state index in [-0.39, 0.29) is 0 Å². The van der Waals surface area contributed by atoms with Crippen molar-refractivity contribution in [3.05, 3.63) is 6.92 Å². The molecule has 0 saturated carbocycles. The standard InChI is InChI=1S/C6H12NS/c1-2-6-5-8-4-3-7-6/h6-7H,1-5H2. The average molecular weight is 130 g/mol. The molecule has 47 valence electrons. The third-order valence-corrected chi connectivity index (χ3v) is 2.48. The Morgan fingerprint density at radius 1 is 1.75 bits per heavy atom. The molecule has 0 bridgehead atoms. The van der Waals surface area contributed by atoms with Crippen LogP contribution < -0.4 is 5.32 Å². The van der Waals surface area contributed by atoms with Crippen LogP contribution in [0.5, 0.6) is 0 Å². The molecule has 0 amide bonds. The van der Waals surface area contributed by atoms with Crippen molar-refractivity contribution in [1.29, 1.82) is 0 Å². The molecule has 0 aliphatic carbocycles. The minimum Gasteiger partial charge on any atom is -0.312 e. The number of hydrogen-bond acceptors (Lipinski definition) is 2. The van der Waals surface area contributed by atoms with Crippen molar-refractivity contribution in [2.75, 3.05) is 18.1 Å². The minimum absolute atomic E-state index is 0.689. The van der Waals surface area contributed by atoms with E-state index in [0.29, 0.717) is 6.04 Å². The summed E-state index contributed by atoms with van der Waals surface area (Å²) < 4.78 is 0. The van der Waals surface area contributed by atoms with Gasteiger partial charge >= 0.3 is 0 Å². The Kier molecular flexibility index (Phi) is 2.70. The Bertz CT molecular complexity index is 59.5. The zero-order valence-electron chi connectivity index (χ0n) is 5.02. The molecule has 2 heteroatoms. The van der Waals surface area contributed by atoms with E-state index < -0.39 is 0 Å². The van der Waals surface area contributed by atoms with Gasteiger partial charge < -0.3 is 5.32 Å². The lowest BCUT2D eigenvalue weighted by Gasteiger charge is -2.20. The third-order valence-electron chi connectivity index (χ3n) is 1.35. The van der Waals surface area contributed by atoms with E-state index >= 15 is 0 Å². The van der Waals surface area contributed by atoms with Crippen LogP contribution in [0.1, 0.15) is 6.42 Å². The first-order valence-corrected chi connectivity index (χ1v) is 4.19. The normalized spacial score (nSPS) is 30.4. The predicted octanol–water partition coefficient (Wildman–Crippen LogP) is 0.916. The van der Waals surface area contributed by atoms with Gasteiger partial charge in [0.2, 0.25) is 0 Å². The molecule has 1 atom stereocenters. The summed E-state index contributed by atoms with van der Waals surface area (Å²) in [7, 11) is 0. The molecule has 8 heavy (non-hydrogen) atoms. The van der Waals surface area contributed by atoms with Crippen LogP contribution in [0.25, 0.3) is 0 Å². The predicted molar refractivity (Wildman–Crippen MR) is 39.1 cm³/mol. The molecule has 0 aromatic carbocycles. The maximum absolute atomic E-state index is 3.83. The van der Waals surface area contributed by atoms with Crippen LogP contribution in [0.15, 0.2) is 0 Å². The summed E-state index contributed by atoms with van der Waals surface area (Å²) in [6.07, 6.45) is 1.03. The fraction of sp³-hybridized carbons (Fsp3) is 0.833. The van der Waals surface area contributed by atoms with E-state index in [9.17, 15) is 0 Å². The molecule has 1 N–H and O–H groups in total. The number of thioether (sulfide) groups is 1. The minimum atomic E-state index is 0.689. The summed E-state index contributed by atoms with van der Waals surface area (Å²) >= 11 is 2.03. The molecule has 1 saturated heterocycles. The molecule has 0 spiro atoms. The van der Waals surface area contributed by atoms with Crippen LogP contribution >= 0.6 is 11.8 Å². The Labute approximate surface area is 55.2 Å². The fourth-order valence-corrected chi connectivity index (χ4v) is 1.80. The lowest BCUT2D eigenvalue weighted by Crippen LogP contribution is -2.36. The smallest absolute Gasteiger partial charge is 0.0158 e. The van der Waals surface area contributed by atoms with Crippen molar-refractivity contribution in [1.82, 2.24) is 5.32 Å². The molecule has 1 heterocycles. The first kappa shape index (κ1) is 6.43. The van der Waals surface area contributed by atoms with E-state index in [2.05, 4.69) is 12.2 Å². The summed E-state index contributed by atoms with van der Waals surface area (Å²) in [6.45, 7) is 5.00. The van der Waals surface area contributed by atoms with Gasteiger partial charge in [-0.1, -0.05) is 6.92 Å². The zero-order valence-corrected chi connectivity index (χ0v) is 5.84. The van der Waals surface area contributed by atoms with Crippen LogP contribution in [0, 0.1) is 6.92 Å². The van der Waals surface area contributed by atoms with Gasteiger partial charge in [0.25, 0.3) is 0 Å². The third kappa shape index (κ3) is 1.67. The van der Waals surface area contributed by atoms with Crippen LogP contribution in [-0.2, 0) is 0 Å². The maximum Gasteiger partial charge on any atom is 0.0158 e. The largest absolute Gasteiger partial charge is 0.312 e. The molecule has 0 aromatic rings.